The van der Waals surface area contributed by atoms with Crippen molar-refractivity contribution in [2.45, 2.75) is 0 Å². The zero-order valence-electron chi connectivity index (χ0n) is 2.29. The van der Waals surface area contributed by atoms with Gasteiger partial charge in [0.15, 0.2) is 0 Å². The Morgan fingerprint density at radius 2 is 1.60 bits per heavy atom. The van der Waals surface area contributed by atoms with Crippen LogP contribution in [0.25, 0.3) is 0 Å². The summed E-state index contributed by atoms with van der Waals surface area (Å²) in [5, 5.41) is 0. The van der Waals surface area contributed by atoms with Gasteiger partial charge in [0.05, 0.1) is 0 Å². The van der Waals surface area contributed by atoms with Gasteiger partial charge in [0.1, 0.15) is 0 Å². The fourth-order valence-electron chi connectivity index (χ4n) is 0. The van der Waals surface area contributed by atoms with E-state index in [0.717, 1.165) is 15.2 Å². The standard InChI is InChI=1S/Al.Fe.O2S.H/c;;1-3-2;. The van der Waals surface area contributed by atoms with Crippen LogP contribution in [-0.4, -0.2) is 23.6 Å². The molecule has 0 aliphatic heterocycles. The van der Waals surface area contributed by atoms with E-state index in [4.69, 9.17) is 0 Å². The van der Waals surface area contributed by atoms with Crippen LogP contribution in [0.2, 0.25) is 0 Å². The molecule has 5 heavy (non-hydrogen) atoms. The molecule has 0 aromatic heterocycles. The molecule has 1 radical (unpaired) electrons. The molecule has 2 nitrogen and oxygen atoms in total. The molecule has 0 saturated heterocycles. The molecule has 0 aliphatic carbocycles. The second-order valence-electron chi connectivity index (χ2n) is 0.524. The van der Waals surface area contributed by atoms with E-state index in [1.807, 2.05) is 0 Å². The van der Waals surface area contributed by atoms with Gasteiger partial charge in [-0.2, -0.15) is 0 Å². The summed E-state index contributed by atoms with van der Waals surface area (Å²) in [4.78, 5) is 0. The Labute approximate surface area is 45.2 Å². The van der Waals surface area contributed by atoms with E-state index in [1.165, 1.54) is 0 Å². The molecule has 0 saturated carbocycles. The third-order valence-corrected chi connectivity index (χ3v) is 0. The average Bonchev–Trinajstić information content (AvgIpc) is 0.722. The van der Waals surface area contributed by atoms with Crippen LogP contribution >= 0.6 is 0 Å². The summed E-state index contributed by atoms with van der Waals surface area (Å²) < 4.78 is 19.1. The van der Waals surface area contributed by atoms with Gasteiger partial charge in [-0.25, -0.2) is 0 Å². The first-order valence-electron chi connectivity index (χ1n) is 0.766. The Balaban J connectivity index is 4.06. The molecule has 5 heteroatoms. The van der Waals surface area contributed by atoms with Crippen LogP contribution in [0, 0.1) is 0 Å². The number of hydrogen-bond donors (Lipinski definition) is 0. The van der Waals surface area contributed by atoms with Crippen LogP contribution in [-0.2, 0) is 21.5 Å². The molecular formula is HAlFeO2S. The third-order valence-electron chi connectivity index (χ3n) is 0. The molecule has 0 unspecified atom stereocenters. The second kappa shape index (κ2) is 1.63. The monoisotopic (exact) mass is 148 g/mol. The molecule has 30 valence electrons. The van der Waals surface area contributed by atoms with E-state index in [9.17, 15) is 8.42 Å². The van der Waals surface area contributed by atoms with Crippen LogP contribution in [0.15, 0.2) is 0 Å². The molecule has 0 aromatic carbocycles. The Kier molecular flexibility index (Phi) is 1.96. The van der Waals surface area contributed by atoms with Crippen molar-refractivity contribution in [1.29, 1.82) is 0 Å². The fraction of sp³-hybridized carbons (Fsp3) is 0. The summed E-state index contributed by atoms with van der Waals surface area (Å²) in [6, 6.07) is 0. The molecule has 0 amide bonds. The van der Waals surface area contributed by atoms with E-state index in [1.54, 1.807) is 0 Å². The van der Waals surface area contributed by atoms with E-state index in [2.05, 4.69) is 14.9 Å². The summed E-state index contributed by atoms with van der Waals surface area (Å²) in [7, 11) is 0. The zero-order chi connectivity index (χ0) is 4.50. The number of rotatable bonds is 0. The van der Waals surface area contributed by atoms with Gasteiger partial charge in [0.2, 0.25) is 0 Å². The van der Waals surface area contributed by atoms with E-state index >= 15 is 0 Å². The summed E-state index contributed by atoms with van der Waals surface area (Å²) in [6.07, 6.45) is 0. The van der Waals surface area contributed by atoms with E-state index in [-0.39, 0.29) is 0 Å². The van der Waals surface area contributed by atoms with Crippen LogP contribution in [0.5, 0.6) is 0 Å². The fourth-order valence-corrected chi connectivity index (χ4v) is 0. The van der Waals surface area contributed by atoms with Crippen molar-refractivity contribution in [2.24, 2.45) is 0 Å². The van der Waals surface area contributed by atoms with E-state index < -0.39 is 6.62 Å². The average molecular weight is 148 g/mol. The summed E-state index contributed by atoms with van der Waals surface area (Å²) in [5.74, 6) is 0. The molecule has 0 aromatic rings. The molecule has 0 aliphatic rings. The molecule has 0 fully saturated rings. The van der Waals surface area contributed by atoms with E-state index in [0.29, 0.717) is 0 Å². The maximum absolute atomic E-state index is 9.53. The minimum absolute atomic E-state index is 0.873. The van der Waals surface area contributed by atoms with Crippen LogP contribution in [0.1, 0.15) is 0 Å². The molecule has 0 rings (SSSR count). The summed E-state index contributed by atoms with van der Waals surface area (Å²) in [5.41, 5.74) is 0. The van der Waals surface area contributed by atoms with Crippen LogP contribution in [0.3, 0.4) is 0 Å². The van der Waals surface area contributed by atoms with Crippen molar-refractivity contribution >= 4 is 21.8 Å². The van der Waals surface area contributed by atoms with Gasteiger partial charge in [-0.15, -0.1) is 0 Å². The Morgan fingerprint density at radius 1 is 1.60 bits per heavy atom. The Bertz CT molecular complexity index is 92.8. The first-order valence-corrected chi connectivity index (χ1v) is 5.38. The van der Waals surface area contributed by atoms with Gasteiger partial charge in [-0.1, -0.05) is 0 Å². The summed E-state index contributed by atoms with van der Waals surface area (Å²) >= 11 is 3.63. The van der Waals surface area contributed by atoms with Crippen LogP contribution < -0.4 is 0 Å². The molecule has 0 atom stereocenters. The molecule has 0 spiro atoms. The second-order valence-corrected chi connectivity index (χ2v) is 7.57. The first kappa shape index (κ1) is 6.00. The number of hydrogen-bond acceptors (Lipinski definition) is 2. The van der Waals surface area contributed by atoms with Crippen molar-refractivity contribution in [1.82, 2.24) is 0 Å². The SMILES string of the molecule is O=[S](=O)([AlH])[Fe]. The zero-order valence-corrected chi connectivity index (χ0v) is 5.62. The first-order chi connectivity index (χ1) is 2.00. The Hall–Kier alpha value is 1.00. The molecular weight excluding hydrogens is 147 g/mol. The van der Waals surface area contributed by atoms with Crippen molar-refractivity contribution in [3.8, 4) is 0 Å². The molecule has 0 heterocycles. The maximum atomic E-state index is 9.53. The molecule has 0 N–H and O–H groups in total. The Morgan fingerprint density at radius 3 is 1.60 bits per heavy atom. The van der Waals surface area contributed by atoms with Gasteiger partial charge in [0, 0.05) is 0 Å². The third kappa shape index (κ3) is 44.9. The van der Waals surface area contributed by atoms with Crippen molar-refractivity contribution in [3.63, 3.8) is 0 Å². The van der Waals surface area contributed by atoms with Gasteiger partial charge >= 0.3 is 45.1 Å². The van der Waals surface area contributed by atoms with Gasteiger partial charge in [-0.05, 0) is 0 Å². The minimum atomic E-state index is -2.89. The predicted octanol–water partition coefficient (Wildman–Crippen LogP) is -1.32. The van der Waals surface area contributed by atoms with Crippen LogP contribution in [0.4, 0.5) is 0 Å². The topological polar surface area (TPSA) is 34.1 Å². The van der Waals surface area contributed by atoms with Crippen molar-refractivity contribution < 1.29 is 23.3 Å². The van der Waals surface area contributed by atoms with Gasteiger partial charge < -0.3 is 0 Å². The van der Waals surface area contributed by atoms with Gasteiger partial charge in [-0.3, -0.25) is 0 Å². The van der Waals surface area contributed by atoms with Gasteiger partial charge in [0.25, 0.3) is 0 Å². The normalized spacial score (nSPS) is 11.4. The van der Waals surface area contributed by atoms with Crippen molar-refractivity contribution in [3.05, 3.63) is 0 Å². The quantitative estimate of drug-likeness (QED) is 0.399. The predicted molar refractivity (Wildman–Crippen MR) is 16.1 cm³/mol. The molecule has 0 bridgehead atoms. The summed E-state index contributed by atoms with van der Waals surface area (Å²) in [6.45, 7) is -2.89. The van der Waals surface area contributed by atoms with Crippen molar-refractivity contribution in [2.75, 3.05) is 0 Å².